The van der Waals surface area contributed by atoms with Gasteiger partial charge in [-0.25, -0.2) is 4.79 Å². The van der Waals surface area contributed by atoms with E-state index in [1.807, 2.05) is 6.92 Å². The SMILES string of the molecule is COC(=O)[C@H]1C[C@@H](Oc2ccc(COC(=O)Oc3ccc([N+](=O)[O-])cc3)cc2[N+](=O)[O-])[C@H](OC(C)=O)[C@@H](C)[C@@H]1C. The summed E-state index contributed by atoms with van der Waals surface area (Å²) in [5.74, 6) is -2.25. The number of methoxy groups -OCH3 is 1. The third-order valence-electron chi connectivity index (χ3n) is 6.74. The minimum atomic E-state index is -1.12. The lowest BCUT2D eigenvalue weighted by molar-refractivity contribution is -0.386. The second-order valence-corrected chi connectivity index (χ2v) is 9.26. The Morgan fingerprint density at radius 3 is 2.23 bits per heavy atom. The highest BCUT2D eigenvalue weighted by molar-refractivity contribution is 5.73. The molecule has 0 heterocycles. The topological polar surface area (TPSA) is 184 Å². The summed E-state index contributed by atoms with van der Waals surface area (Å²) in [6.45, 7) is 4.49. The molecule has 3 rings (SSSR count). The second-order valence-electron chi connectivity index (χ2n) is 9.26. The summed E-state index contributed by atoms with van der Waals surface area (Å²) >= 11 is 0. The molecule has 1 aliphatic carbocycles. The van der Waals surface area contributed by atoms with E-state index < -0.39 is 51.8 Å². The molecular weight excluding hydrogens is 532 g/mol. The number of carbonyl (C=O) groups excluding carboxylic acids is 3. The van der Waals surface area contributed by atoms with Gasteiger partial charge in [-0.3, -0.25) is 29.8 Å². The largest absolute Gasteiger partial charge is 0.514 e. The molecular formula is C26H28N2O12. The Balaban J connectivity index is 1.74. The molecule has 0 spiro atoms. The van der Waals surface area contributed by atoms with Crippen LogP contribution >= 0.6 is 0 Å². The van der Waals surface area contributed by atoms with E-state index >= 15 is 0 Å². The molecule has 2 aromatic rings. The molecule has 40 heavy (non-hydrogen) atoms. The van der Waals surface area contributed by atoms with Crippen LogP contribution in [0.25, 0.3) is 0 Å². The van der Waals surface area contributed by atoms with E-state index in [2.05, 4.69) is 0 Å². The van der Waals surface area contributed by atoms with Crippen LogP contribution in [-0.2, 0) is 30.4 Å². The number of nitrogens with zero attached hydrogens (tertiary/aromatic N) is 2. The highest BCUT2D eigenvalue weighted by atomic mass is 16.7. The molecule has 14 heteroatoms. The normalized spacial score (nSPS) is 21.9. The van der Waals surface area contributed by atoms with Gasteiger partial charge in [-0.15, -0.1) is 0 Å². The highest BCUT2D eigenvalue weighted by Crippen LogP contribution is 2.40. The van der Waals surface area contributed by atoms with Crippen LogP contribution in [0.2, 0.25) is 0 Å². The summed E-state index contributed by atoms with van der Waals surface area (Å²) in [6.07, 6.45) is -2.67. The Kier molecular flexibility index (Phi) is 9.59. The summed E-state index contributed by atoms with van der Waals surface area (Å²) in [6, 6.07) is 8.65. The molecule has 0 saturated heterocycles. The molecule has 0 amide bonds. The van der Waals surface area contributed by atoms with Gasteiger partial charge < -0.3 is 23.7 Å². The molecule has 1 aliphatic rings. The van der Waals surface area contributed by atoms with E-state index in [-0.39, 0.29) is 47.6 Å². The zero-order valence-electron chi connectivity index (χ0n) is 22.1. The lowest BCUT2D eigenvalue weighted by Crippen LogP contribution is -2.51. The van der Waals surface area contributed by atoms with Crippen molar-refractivity contribution < 1.29 is 47.9 Å². The fourth-order valence-electron chi connectivity index (χ4n) is 4.52. The number of esters is 2. The first-order chi connectivity index (χ1) is 18.9. The molecule has 1 saturated carbocycles. The van der Waals surface area contributed by atoms with Crippen LogP contribution in [0.4, 0.5) is 16.2 Å². The maximum absolute atomic E-state index is 12.4. The van der Waals surface area contributed by atoms with Crippen LogP contribution in [0, 0.1) is 38.0 Å². The molecule has 0 aromatic heterocycles. The van der Waals surface area contributed by atoms with E-state index in [9.17, 15) is 34.6 Å². The number of hydrogen-bond acceptors (Lipinski definition) is 12. The van der Waals surface area contributed by atoms with Crippen molar-refractivity contribution in [2.45, 2.75) is 46.0 Å². The predicted octanol–water partition coefficient (Wildman–Crippen LogP) is 4.36. The number of rotatable bonds is 9. The lowest BCUT2D eigenvalue weighted by atomic mass is 9.70. The van der Waals surface area contributed by atoms with Gasteiger partial charge in [-0.1, -0.05) is 19.9 Å². The Bertz CT molecular complexity index is 1280. The van der Waals surface area contributed by atoms with Crippen LogP contribution in [0.1, 0.15) is 32.8 Å². The van der Waals surface area contributed by atoms with Crippen LogP contribution in [0.5, 0.6) is 11.5 Å². The summed E-state index contributed by atoms with van der Waals surface area (Å²) in [5, 5.41) is 22.6. The Labute approximate surface area is 228 Å². The van der Waals surface area contributed by atoms with E-state index in [4.69, 9.17) is 23.7 Å². The van der Waals surface area contributed by atoms with Gasteiger partial charge in [0.2, 0.25) is 0 Å². The number of non-ortho nitro benzene ring substituents is 1. The molecule has 1 fully saturated rings. The molecule has 0 unspecified atom stereocenters. The van der Waals surface area contributed by atoms with Crippen LogP contribution in [-0.4, -0.2) is 47.3 Å². The van der Waals surface area contributed by atoms with Crippen molar-refractivity contribution in [3.8, 4) is 11.5 Å². The molecule has 0 N–H and O–H groups in total. The number of hydrogen-bond donors (Lipinski definition) is 0. The molecule has 0 aliphatic heterocycles. The van der Waals surface area contributed by atoms with Gasteiger partial charge in [-0.2, -0.15) is 0 Å². The predicted molar refractivity (Wildman–Crippen MR) is 135 cm³/mol. The van der Waals surface area contributed by atoms with E-state index in [1.165, 1.54) is 38.3 Å². The average Bonchev–Trinajstić information content (AvgIpc) is 2.91. The first kappa shape index (κ1) is 29.8. The zero-order chi connectivity index (χ0) is 29.6. The Morgan fingerprint density at radius 2 is 1.65 bits per heavy atom. The molecule has 5 atom stereocenters. The van der Waals surface area contributed by atoms with Crippen molar-refractivity contribution in [1.82, 2.24) is 0 Å². The van der Waals surface area contributed by atoms with Gasteiger partial charge in [0.15, 0.2) is 5.75 Å². The molecule has 0 bridgehead atoms. The first-order valence-electron chi connectivity index (χ1n) is 12.2. The van der Waals surface area contributed by atoms with Crippen molar-refractivity contribution >= 4 is 29.5 Å². The van der Waals surface area contributed by atoms with Crippen LogP contribution < -0.4 is 9.47 Å². The summed E-state index contributed by atoms with van der Waals surface area (Å²) in [7, 11) is 1.26. The Hall–Kier alpha value is -4.75. The number of ether oxygens (including phenoxy) is 5. The zero-order valence-corrected chi connectivity index (χ0v) is 22.1. The summed E-state index contributed by atoms with van der Waals surface area (Å²) in [4.78, 5) is 57.5. The van der Waals surface area contributed by atoms with Gasteiger partial charge in [0.25, 0.3) is 5.69 Å². The molecule has 14 nitrogen and oxygen atoms in total. The van der Waals surface area contributed by atoms with Gasteiger partial charge in [0.1, 0.15) is 24.6 Å². The van der Waals surface area contributed by atoms with Gasteiger partial charge in [0.05, 0.1) is 22.9 Å². The third kappa shape index (κ3) is 7.21. The van der Waals surface area contributed by atoms with E-state index in [1.54, 1.807) is 6.92 Å². The Morgan fingerprint density at radius 1 is 0.975 bits per heavy atom. The van der Waals surface area contributed by atoms with Crippen LogP contribution in [0.15, 0.2) is 42.5 Å². The van der Waals surface area contributed by atoms with Crippen molar-refractivity contribution in [2.75, 3.05) is 7.11 Å². The smallest absolute Gasteiger partial charge is 0.480 e. The van der Waals surface area contributed by atoms with Crippen molar-refractivity contribution in [3.05, 3.63) is 68.3 Å². The van der Waals surface area contributed by atoms with E-state index in [0.717, 1.165) is 18.2 Å². The van der Waals surface area contributed by atoms with Crippen molar-refractivity contribution in [3.63, 3.8) is 0 Å². The molecule has 0 radical (unpaired) electrons. The fraction of sp³-hybridized carbons (Fsp3) is 0.423. The number of nitro benzene ring substituents is 2. The second kappa shape index (κ2) is 12.9. The summed E-state index contributed by atoms with van der Waals surface area (Å²) in [5.41, 5.74) is -0.380. The minimum absolute atomic E-state index is 0.00829. The van der Waals surface area contributed by atoms with Crippen molar-refractivity contribution in [2.24, 2.45) is 17.8 Å². The monoisotopic (exact) mass is 560 g/mol. The molecule has 2 aromatic carbocycles. The third-order valence-corrected chi connectivity index (χ3v) is 6.74. The number of benzene rings is 2. The van der Waals surface area contributed by atoms with Gasteiger partial charge in [-0.05, 0) is 29.7 Å². The van der Waals surface area contributed by atoms with Gasteiger partial charge >= 0.3 is 23.8 Å². The standard InChI is InChI=1S/C26H28N2O12/c1-14-15(2)24(38-16(3)29)23(12-20(14)25(30)36-4)40-22-10-5-17(11-21(22)28(34)35)13-37-26(31)39-19-8-6-18(7-9-19)27(32)33/h5-11,14-15,20,23-24H,12-13H2,1-4H3/t14-,15-,20-,23+,24+/m0/s1. The quantitative estimate of drug-likeness (QED) is 0.139. The molecule has 214 valence electrons. The van der Waals surface area contributed by atoms with Gasteiger partial charge in [0, 0.05) is 37.5 Å². The highest BCUT2D eigenvalue weighted by Gasteiger charge is 2.47. The van der Waals surface area contributed by atoms with Crippen LogP contribution in [0.3, 0.4) is 0 Å². The number of nitro groups is 2. The minimum Gasteiger partial charge on any atom is -0.480 e. The average molecular weight is 561 g/mol. The maximum Gasteiger partial charge on any atom is 0.514 e. The summed E-state index contributed by atoms with van der Waals surface area (Å²) < 4.78 is 26.3. The van der Waals surface area contributed by atoms with E-state index in [0.29, 0.717) is 0 Å². The number of carbonyl (C=O) groups is 3. The fourth-order valence-corrected chi connectivity index (χ4v) is 4.52. The van der Waals surface area contributed by atoms with Crippen molar-refractivity contribution in [1.29, 1.82) is 0 Å². The first-order valence-corrected chi connectivity index (χ1v) is 12.2. The maximum atomic E-state index is 12.4. The lowest BCUT2D eigenvalue weighted by Gasteiger charge is -2.42.